The van der Waals surface area contributed by atoms with Crippen molar-refractivity contribution in [3.8, 4) is 0 Å². The number of pyridine rings is 1. The summed E-state index contributed by atoms with van der Waals surface area (Å²) in [5.41, 5.74) is 4.84. The first-order chi connectivity index (χ1) is 14.0. The quantitative estimate of drug-likeness (QED) is 0.601. The van der Waals surface area contributed by atoms with Gasteiger partial charge >= 0.3 is 0 Å². The van der Waals surface area contributed by atoms with E-state index >= 15 is 0 Å². The summed E-state index contributed by atoms with van der Waals surface area (Å²) in [6.45, 7) is 6.50. The average molecular weight is 389 g/mol. The number of aromatic nitrogens is 1. The van der Waals surface area contributed by atoms with E-state index in [1.54, 1.807) is 0 Å². The zero-order valence-electron chi connectivity index (χ0n) is 17.3. The summed E-state index contributed by atoms with van der Waals surface area (Å²) >= 11 is 0. The second-order valence-electron chi connectivity index (χ2n) is 7.16. The van der Waals surface area contributed by atoms with Crippen LogP contribution in [-0.2, 0) is 13.1 Å². The highest BCUT2D eigenvalue weighted by molar-refractivity contribution is 6.04. The zero-order valence-corrected chi connectivity index (χ0v) is 17.3. The number of nitrogens with zero attached hydrogens (tertiary/aromatic N) is 2. The standard InChI is InChI=1S/C24H28N4O/c1-4-28(3)23-13-10-20(17-26-23)16-25-15-19-6-5-7-22(14-19)27-24(29)21-11-8-18(2)9-12-21/h5-14,17,25H,4,15-16H2,1-3H3,(H,27,29). The maximum atomic E-state index is 12.4. The highest BCUT2D eigenvalue weighted by Crippen LogP contribution is 2.14. The molecular weight excluding hydrogens is 360 g/mol. The minimum atomic E-state index is -0.0988. The van der Waals surface area contributed by atoms with Gasteiger partial charge in [0.15, 0.2) is 0 Å². The van der Waals surface area contributed by atoms with Gasteiger partial charge in [-0.3, -0.25) is 4.79 Å². The van der Waals surface area contributed by atoms with Crippen molar-refractivity contribution >= 4 is 17.4 Å². The maximum Gasteiger partial charge on any atom is 0.255 e. The molecule has 0 aliphatic rings. The summed E-state index contributed by atoms with van der Waals surface area (Å²) < 4.78 is 0. The third-order valence-electron chi connectivity index (χ3n) is 4.83. The fourth-order valence-electron chi connectivity index (χ4n) is 2.93. The Hall–Kier alpha value is -3.18. The monoisotopic (exact) mass is 388 g/mol. The molecule has 0 aliphatic carbocycles. The van der Waals surface area contributed by atoms with Crippen LogP contribution >= 0.6 is 0 Å². The number of hydrogen-bond acceptors (Lipinski definition) is 4. The number of carbonyl (C=O) groups is 1. The third-order valence-corrected chi connectivity index (χ3v) is 4.83. The Kier molecular flexibility index (Phi) is 6.98. The zero-order chi connectivity index (χ0) is 20.6. The van der Waals surface area contributed by atoms with Crippen LogP contribution in [0.2, 0.25) is 0 Å². The number of amides is 1. The lowest BCUT2D eigenvalue weighted by molar-refractivity contribution is 0.102. The summed E-state index contributed by atoms with van der Waals surface area (Å²) in [6.07, 6.45) is 1.91. The van der Waals surface area contributed by atoms with Crippen LogP contribution in [-0.4, -0.2) is 24.5 Å². The summed E-state index contributed by atoms with van der Waals surface area (Å²) in [6, 6.07) is 19.6. The molecule has 1 aromatic heterocycles. The molecule has 2 aromatic carbocycles. The summed E-state index contributed by atoms with van der Waals surface area (Å²) in [5.74, 6) is 0.881. The largest absolute Gasteiger partial charge is 0.360 e. The topological polar surface area (TPSA) is 57.3 Å². The van der Waals surface area contributed by atoms with Gasteiger partial charge in [-0.05, 0) is 55.3 Å². The molecule has 0 atom stereocenters. The van der Waals surface area contributed by atoms with E-state index in [-0.39, 0.29) is 5.91 Å². The SMILES string of the molecule is CCN(C)c1ccc(CNCc2cccc(NC(=O)c3ccc(C)cc3)c2)cn1. The van der Waals surface area contributed by atoms with Crippen LogP contribution in [0.15, 0.2) is 66.9 Å². The van der Waals surface area contributed by atoms with Gasteiger partial charge in [0.25, 0.3) is 5.91 Å². The van der Waals surface area contributed by atoms with E-state index in [0.717, 1.165) is 41.3 Å². The number of anilines is 2. The number of rotatable bonds is 8. The molecule has 5 heteroatoms. The van der Waals surface area contributed by atoms with Gasteiger partial charge in [-0.2, -0.15) is 0 Å². The van der Waals surface area contributed by atoms with Crippen LogP contribution in [0, 0.1) is 6.92 Å². The molecule has 0 aliphatic heterocycles. The van der Waals surface area contributed by atoms with Gasteiger partial charge in [0, 0.05) is 44.1 Å². The van der Waals surface area contributed by atoms with Crippen LogP contribution in [0.5, 0.6) is 0 Å². The normalized spacial score (nSPS) is 10.6. The van der Waals surface area contributed by atoms with E-state index in [2.05, 4.69) is 33.5 Å². The Labute approximate surface area is 172 Å². The predicted octanol–water partition coefficient (Wildman–Crippen LogP) is 4.39. The predicted molar refractivity (Wildman–Crippen MR) is 119 cm³/mol. The molecule has 0 saturated carbocycles. The Bertz CT molecular complexity index is 936. The Morgan fingerprint density at radius 1 is 1.00 bits per heavy atom. The number of nitrogens with one attached hydrogen (secondary N) is 2. The summed E-state index contributed by atoms with van der Waals surface area (Å²) in [5, 5.41) is 6.40. The van der Waals surface area contributed by atoms with Gasteiger partial charge in [-0.15, -0.1) is 0 Å². The molecule has 0 bridgehead atoms. The lowest BCUT2D eigenvalue weighted by atomic mass is 10.1. The molecule has 3 rings (SSSR count). The smallest absolute Gasteiger partial charge is 0.255 e. The Morgan fingerprint density at radius 2 is 1.76 bits per heavy atom. The van der Waals surface area contributed by atoms with Crippen molar-refractivity contribution in [3.63, 3.8) is 0 Å². The van der Waals surface area contributed by atoms with Gasteiger partial charge in [0.05, 0.1) is 0 Å². The summed E-state index contributed by atoms with van der Waals surface area (Å²) in [7, 11) is 2.03. The highest BCUT2D eigenvalue weighted by atomic mass is 16.1. The van der Waals surface area contributed by atoms with E-state index in [4.69, 9.17) is 0 Å². The average Bonchev–Trinajstić information content (AvgIpc) is 2.74. The molecule has 29 heavy (non-hydrogen) atoms. The van der Waals surface area contributed by atoms with Gasteiger partial charge in [-0.25, -0.2) is 4.98 Å². The van der Waals surface area contributed by atoms with E-state index < -0.39 is 0 Å². The van der Waals surface area contributed by atoms with Crippen molar-refractivity contribution in [3.05, 3.63) is 89.1 Å². The lowest BCUT2D eigenvalue weighted by Gasteiger charge is -2.15. The fourth-order valence-corrected chi connectivity index (χ4v) is 2.93. The van der Waals surface area contributed by atoms with E-state index in [0.29, 0.717) is 12.1 Å². The molecular formula is C24H28N4O. The minimum absolute atomic E-state index is 0.0988. The van der Waals surface area contributed by atoms with Crippen molar-refractivity contribution in [1.29, 1.82) is 0 Å². The third kappa shape index (κ3) is 5.90. The minimum Gasteiger partial charge on any atom is -0.360 e. The molecule has 150 valence electrons. The first-order valence-electron chi connectivity index (χ1n) is 9.89. The molecule has 5 nitrogen and oxygen atoms in total. The Balaban J connectivity index is 1.53. The highest BCUT2D eigenvalue weighted by Gasteiger charge is 2.06. The van der Waals surface area contributed by atoms with Crippen molar-refractivity contribution in [2.45, 2.75) is 26.9 Å². The van der Waals surface area contributed by atoms with Crippen LogP contribution in [0.1, 0.15) is 34.0 Å². The number of hydrogen-bond donors (Lipinski definition) is 2. The van der Waals surface area contributed by atoms with Crippen LogP contribution in [0.25, 0.3) is 0 Å². The second-order valence-corrected chi connectivity index (χ2v) is 7.16. The lowest BCUT2D eigenvalue weighted by Crippen LogP contribution is -2.17. The van der Waals surface area contributed by atoms with Gasteiger partial charge in [0.2, 0.25) is 0 Å². The van der Waals surface area contributed by atoms with E-state index in [1.807, 2.05) is 74.8 Å². The molecule has 2 N–H and O–H groups in total. The molecule has 0 spiro atoms. The van der Waals surface area contributed by atoms with Crippen molar-refractivity contribution < 1.29 is 4.79 Å². The van der Waals surface area contributed by atoms with Crippen LogP contribution in [0.3, 0.4) is 0 Å². The molecule has 0 fully saturated rings. The van der Waals surface area contributed by atoms with Gasteiger partial charge in [0.1, 0.15) is 5.82 Å². The molecule has 3 aromatic rings. The number of carbonyl (C=O) groups excluding carboxylic acids is 1. The first kappa shape index (κ1) is 20.6. The summed E-state index contributed by atoms with van der Waals surface area (Å²) in [4.78, 5) is 19.0. The fraction of sp³-hybridized carbons (Fsp3) is 0.250. The molecule has 1 heterocycles. The molecule has 0 radical (unpaired) electrons. The van der Waals surface area contributed by atoms with Crippen molar-refractivity contribution in [2.75, 3.05) is 23.8 Å². The van der Waals surface area contributed by atoms with Crippen LogP contribution < -0.4 is 15.5 Å². The van der Waals surface area contributed by atoms with Crippen molar-refractivity contribution in [1.82, 2.24) is 10.3 Å². The molecule has 1 amide bonds. The van der Waals surface area contributed by atoms with Crippen LogP contribution in [0.4, 0.5) is 11.5 Å². The molecule has 0 unspecified atom stereocenters. The van der Waals surface area contributed by atoms with Crippen molar-refractivity contribution in [2.24, 2.45) is 0 Å². The number of benzene rings is 2. The first-order valence-corrected chi connectivity index (χ1v) is 9.89. The number of aryl methyl sites for hydroxylation is 1. The molecule has 0 saturated heterocycles. The Morgan fingerprint density at radius 3 is 2.45 bits per heavy atom. The maximum absolute atomic E-state index is 12.4. The van der Waals surface area contributed by atoms with E-state index in [9.17, 15) is 4.79 Å². The van der Waals surface area contributed by atoms with Gasteiger partial charge < -0.3 is 15.5 Å². The second kappa shape index (κ2) is 9.85. The van der Waals surface area contributed by atoms with E-state index in [1.165, 1.54) is 0 Å². The van der Waals surface area contributed by atoms with Gasteiger partial charge in [-0.1, -0.05) is 35.9 Å².